The topological polar surface area (TPSA) is 66.6 Å². The molecule has 1 saturated carbocycles. The highest BCUT2D eigenvalue weighted by atomic mass is 19.1. The molecule has 1 heterocycles. The lowest BCUT2D eigenvalue weighted by Crippen LogP contribution is -2.35. The Kier molecular flexibility index (Phi) is 4.27. The molecule has 23 heavy (non-hydrogen) atoms. The molecule has 0 saturated heterocycles. The van der Waals surface area contributed by atoms with E-state index in [0.29, 0.717) is 23.9 Å². The van der Waals surface area contributed by atoms with E-state index in [1.807, 2.05) is 6.92 Å². The van der Waals surface area contributed by atoms with E-state index in [1.165, 1.54) is 0 Å². The van der Waals surface area contributed by atoms with Gasteiger partial charge in [-0.1, -0.05) is 0 Å². The highest BCUT2D eigenvalue weighted by Crippen LogP contribution is 2.35. The molecule has 6 heteroatoms. The van der Waals surface area contributed by atoms with Gasteiger partial charge in [0.05, 0.1) is 5.56 Å². The Hall–Kier alpha value is -1.69. The highest BCUT2D eigenvalue weighted by Gasteiger charge is 2.35. The standard InChI is InChI=1S/C17H22F2N2O2/c1-9(20)11-4-2-10(3-5-11)7-21-8-12-6-13(18)16(22)15(19)14(12)17(21)23/h6,9-11,22H,2-5,7-8,20H2,1H3. The van der Waals surface area contributed by atoms with E-state index in [-0.39, 0.29) is 18.2 Å². The normalized spacial score (nSPS) is 25.6. The van der Waals surface area contributed by atoms with Crippen LogP contribution in [0, 0.1) is 23.5 Å². The molecule has 1 atom stereocenters. The van der Waals surface area contributed by atoms with E-state index in [9.17, 15) is 18.7 Å². The van der Waals surface area contributed by atoms with Crippen molar-refractivity contribution in [2.45, 2.75) is 45.2 Å². The molecule has 1 aromatic rings. The molecule has 2 aliphatic rings. The van der Waals surface area contributed by atoms with Crippen molar-refractivity contribution >= 4 is 5.91 Å². The SMILES string of the molecule is CC(N)C1CCC(CN2Cc3cc(F)c(O)c(F)c3C2=O)CC1. The number of halogens is 2. The molecule has 1 amide bonds. The van der Waals surface area contributed by atoms with Gasteiger partial charge in [0, 0.05) is 19.1 Å². The summed E-state index contributed by atoms with van der Waals surface area (Å²) in [6.45, 7) is 2.77. The van der Waals surface area contributed by atoms with Gasteiger partial charge in [-0.2, -0.15) is 0 Å². The Balaban J connectivity index is 1.68. The molecule has 4 nitrogen and oxygen atoms in total. The van der Waals surface area contributed by atoms with E-state index in [0.717, 1.165) is 31.7 Å². The number of rotatable bonds is 3. The Morgan fingerprint density at radius 3 is 2.61 bits per heavy atom. The van der Waals surface area contributed by atoms with Gasteiger partial charge in [-0.25, -0.2) is 8.78 Å². The smallest absolute Gasteiger partial charge is 0.257 e. The summed E-state index contributed by atoms with van der Waals surface area (Å²) in [6.07, 6.45) is 4.07. The second-order valence-corrected chi connectivity index (χ2v) is 6.88. The number of aromatic hydroxyl groups is 1. The van der Waals surface area contributed by atoms with Crippen LogP contribution in [0.4, 0.5) is 8.78 Å². The fraction of sp³-hybridized carbons (Fsp3) is 0.588. The summed E-state index contributed by atoms with van der Waals surface area (Å²) in [5.41, 5.74) is 6.06. The molecular formula is C17H22F2N2O2. The minimum Gasteiger partial charge on any atom is -0.503 e. The number of carbonyl (C=O) groups excluding carboxylic acids is 1. The van der Waals surface area contributed by atoms with E-state index < -0.39 is 23.3 Å². The largest absolute Gasteiger partial charge is 0.503 e. The van der Waals surface area contributed by atoms with Crippen molar-refractivity contribution in [2.75, 3.05) is 6.54 Å². The van der Waals surface area contributed by atoms with Crippen molar-refractivity contribution in [1.29, 1.82) is 0 Å². The van der Waals surface area contributed by atoms with Crippen molar-refractivity contribution in [3.05, 3.63) is 28.8 Å². The number of fused-ring (bicyclic) bond motifs is 1. The van der Waals surface area contributed by atoms with Crippen molar-refractivity contribution in [3.8, 4) is 5.75 Å². The van der Waals surface area contributed by atoms with Gasteiger partial charge < -0.3 is 15.7 Å². The average Bonchev–Trinajstić information content (AvgIpc) is 2.81. The zero-order valence-corrected chi connectivity index (χ0v) is 13.2. The summed E-state index contributed by atoms with van der Waals surface area (Å²) in [5, 5.41) is 9.34. The first-order chi connectivity index (χ1) is 10.9. The van der Waals surface area contributed by atoms with Crippen molar-refractivity contribution < 1.29 is 18.7 Å². The van der Waals surface area contributed by atoms with Gasteiger partial charge in [0.1, 0.15) is 0 Å². The van der Waals surface area contributed by atoms with Crippen molar-refractivity contribution in [2.24, 2.45) is 17.6 Å². The number of benzene rings is 1. The van der Waals surface area contributed by atoms with Gasteiger partial charge in [0.15, 0.2) is 17.4 Å². The van der Waals surface area contributed by atoms with Gasteiger partial charge in [0.25, 0.3) is 5.91 Å². The van der Waals surface area contributed by atoms with Crippen LogP contribution in [0.3, 0.4) is 0 Å². The second-order valence-electron chi connectivity index (χ2n) is 6.88. The maximum atomic E-state index is 14.0. The average molecular weight is 324 g/mol. The molecular weight excluding hydrogens is 302 g/mol. The molecule has 126 valence electrons. The fourth-order valence-corrected chi connectivity index (χ4v) is 3.80. The van der Waals surface area contributed by atoms with Crippen LogP contribution < -0.4 is 5.73 Å². The Bertz CT molecular complexity index is 626. The van der Waals surface area contributed by atoms with Gasteiger partial charge in [0.2, 0.25) is 0 Å². The van der Waals surface area contributed by atoms with Gasteiger partial charge in [-0.05, 0) is 56.1 Å². The third-order valence-corrected chi connectivity index (χ3v) is 5.25. The van der Waals surface area contributed by atoms with Crippen LogP contribution in [-0.4, -0.2) is 28.5 Å². The zero-order valence-electron chi connectivity index (χ0n) is 13.2. The lowest BCUT2D eigenvalue weighted by atomic mass is 9.79. The lowest BCUT2D eigenvalue weighted by molar-refractivity contribution is 0.0723. The maximum Gasteiger partial charge on any atom is 0.257 e. The molecule has 1 unspecified atom stereocenters. The van der Waals surface area contributed by atoms with Crippen LogP contribution in [0.25, 0.3) is 0 Å². The molecule has 3 rings (SSSR count). The molecule has 1 aliphatic carbocycles. The third kappa shape index (κ3) is 2.92. The number of phenols is 1. The van der Waals surface area contributed by atoms with Crippen molar-refractivity contribution in [1.82, 2.24) is 4.90 Å². The molecule has 0 spiro atoms. The molecule has 3 N–H and O–H groups in total. The molecule has 1 aliphatic heterocycles. The minimum atomic E-state index is -1.15. The van der Waals surface area contributed by atoms with Gasteiger partial charge in [-0.15, -0.1) is 0 Å². The number of nitrogens with two attached hydrogens (primary N) is 1. The maximum absolute atomic E-state index is 14.0. The molecule has 0 radical (unpaired) electrons. The van der Waals surface area contributed by atoms with Gasteiger partial charge in [-0.3, -0.25) is 4.79 Å². The van der Waals surface area contributed by atoms with Crippen LogP contribution in [0.2, 0.25) is 0 Å². The van der Waals surface area contributed by atoms with Crippen LogP contribution in [0.15, 0.2) is 6.07 Å². The molecule has 0 bridgehead atoms. The number of amides is 1. The summed E-state index contributed by atoms with van der Waals surface area (Å²) >= 11 is 0. The number of phenolic OH excluding ortho intramolecular Hbond substituents is 1. The molecule has 1 fully saturated rings. The molecule has 0 aromatic heterocycles. The van der Waals surface area contributed by atoms with Gasteiger partial charge >= 0.3 is 0 Å². The lowest BCUT2D eigenvalue weighted by Gasteiger charge is -2.32. The van der Waals surface area contributed by atoms with E-state index in [4.69, 9.17) is 5.73 Å². The van der Waals surface area contributed by atoms with Crippen LogP contribution in [0.1, 0.15) is 48.5 Å². The Morgan fingerprint density at radius 1 is 1.35 bits per heavy atom. The number of nitrogens with zero attached hydrogens (tertiary/aromatic N) is 1. The number of hydrogen-bond donors (Lipinski definition) is 2. The van der Waals surface area contributed by atoms with E-state index >= 15 is 0 Å². The second kappa shape index (κ2) is 6.07. The van der Waals surface area contributed by atoms with E-state index in [1.54, 1.807) is 4.90 Å². The first kappa shape index (κ1) is 16.2. The Morgan fingerprint density at radius 2 is 2.00 bits per heavy atom. The fourth-order valence-electron chi connectivity index (χ4n) is 3.80. The number of hydrogen-bond acceptors (Lipinski definition) is 3. The summed E-state index contributed by atoms with van der Waals surface area (Å²) in [7, 11) is 0. The first-order valence-corrected chi connectivity index (χ1v) is 8.13. The first-order valence-electron chi connectivity index (χ1n) is 8.13. The predicted molar refractivity (Wildman–Crippen MR) is 81.9 cm³/mol. The van der Waals surface area contributed by atoms with E-state index in [2.05, 4.69) is 0 Å². The quantitative estimate of drug-likeness (QED) is 0.898. The summed E-state index contributed by atoms with van der Waals surface area (Å²) < 4.78 is 27.4. The van der Waals surface area contributed by atoms with Crippen molar-refractivity contribution in [3.63, 3.8) is 0 Å². The highest BCUT2D eigenvalue weighted by molar-refractivity contribution is 5.99. The van der Waals surface area contributed by atoms with Crippen LogP contribution in [-0.2, 0) is 6.54 Å². The summed E-state index contributed by atoms with van der Waals surface area (Å²) in [4.78, 5) is 13.9. The van der Waals surface area contributed by atoms with Crippen LogP contribution >= 0.6 is 0 Å². The zero-order chi connectivity index (χ0) is 16.7. The monoisotopic (exact) mass is 324 g/mol. The third-order valence-electron chi connectivity index (χ3n) is 5.25. The summed E-state index contributed by atoms with van der Waals surface area (Å²) in [6, 6.07) is 1.24. The number of carbonyl (C=O) groups is 1. The Labute approximate surface area is 134 Å². The van der Waals surface area contributed by atoms with Crippen LogP contribution in [0.5, 0.6) is 5.75 Å². The minimum absolute atomic E-state index is 0.187. The summed E-state index contributed by atoms with van der Waals surface area (Å²) in [5.74, 6) is -2.80. The predicted octanol–water partition coefficient (Wildman–Crippen LogP) is 2.78. The molecule has 1 aromatic carbocycles.